The first-order valence-corrected chi connectivity index (χ1v) is 9.31. The van der Waals surface area contributed by atoms with E-state index in [9.17, 15) is 29.1 Å². The summed E-state index contributed by atoms with van der Waals surface area (Å²) in [6.07, 6.45) is -2.29. The molecule has 0 saturated carbocycles. The van der Waals surface area contributed by atoms with Crippen LogP contribution in [0.4, 0.5) is 0 Å². The lowest BCUT2D eigenvalue weighted by atomic mass is 10.0. The molecule has 0 bridgehead atoms. The third-order valence-electron chi connectivity index (χ3n) is 4.18. The van der Waals surface area contributed by atoms with E-state index in [4.69, 9.17) is 15.9 Å². The van der Waals surface area contributed by atoms with Crippen molar-refractivity contribution in [1.29, 1.82) is 0 Å². The Morgan fingerprint density at radius 3 is 2.03 bits per heavy atom. The van der Waals surface area contributed by atoms with Gasteiger partial charge in [-0.3, -0.25) is 19.2 Å². The zero-order valence-corrected chi connectivity index (χ0v) is 16.8. The molecule has 0 saturated heterocycles. The fraction of sp³-hybridized carbons (Fsp3) is 0.421. The van der Waals surface area contributed by atoms with Crippen molar-refractivity contribution in [1.82, 2.24) is 16.0 Å². The standard InChI is InChI=1S/C19H26N4O8/c1-10(24)16(18(29)22-13(19(30)31)8-15(26)27)23-17(28)12(21-14(25)9-20)7-11-5-3-2-4-6-11/h2-6,10,12-13,16,24H,7-9,20H2,1H3,(H,21,25)(H,22,29)(H,23,28)(H,26,27)(H,30,31). The van der Waals surface area contributed by atoms with Crippen molar-refractivity contribution in [3.63, 3.8) is 0 Å². The van der Waals surface area contributed by atoms with E-state index < -0.39 is 60.3 Å². The third kappa shape index (κ3) is 8.80. The van der Waals surface area contributed by atoms with Crippen molar-refractivity contribution in [3.8, 4) is 0 Å². The second kappa shape index (κ2) is 12.2. The maximum atomic E-state index is 12.7. The number of hydrogen-bond donors (Lipinski definition) is 7. The summed E-state index contributed by atoms with van der Waals surface area (Å²) in [5.74, 6) is -5.60. The molecule has 0 spiro atoms. The summed E-state index contributed by atoms with van der Waals surface area (Å²) in [6.45, 7) is 0.802. The van der Waals surface area contributed by atoms with Crippen LogP contribution in [-0.2, 0) is 30.4 Å². The van der Waals surface area contributed by atoms with Gasteiger partial charge in [0.2, 0.25) is 17.7 Å². The lowest BCUT2D eigenvalue weighted by Crippen LogP contribution is -2.59. The molecule has 170 valence electrons. The molecule has 0 radical (unpaired) electrons. The summed E-state index contributed by atoms with van der Waals surface area (Å²) in [4.78, 5) is 58.9. The Balaban J connectivity index is 2.98. The van der Waals surface area contributed by atoms with Gasteiger partial charge in [0.15, 0.2) is 0 Å². The molecule has 0 aliphatic heterocycles. The molecular weight excluding hydrogens is 412 g/mol. The number of benzene rings is 1. The summed E-state index contributed by atoms with van der Waals surface area (Å²) in [5, 5.41) is 34.4. The molecule has 1 aromatic carbocycles. The molecule has 1 rings (SSSR count). The molecule has 8 N–H and O–H groups in total. The van der Waals surface area contributed by atoms with Crippen molar-refractivity contribution >= 4 is 29.7 Å². The first kappa shape index (κ1) is 25.5. The Morgan fingerprint density at radius 1 is 0.935 bits per heavy atom. The highest BCUT2D eigenvalue weighted by Gasteiger charge is 2.32. The SMILES string of the molecule is CC(O)C(NC(=O)C(Cc1ccccc1)NC(=O)CN)C(=O)NC(CC(=O)O)C(=O)O. The molecule has 3 amide bonds. The minimum atomic E-state index is -1.76. The van der Waals surface area contributed by atoms with Crippen LogP contribution in [0, 0.1) is 0 Å². The molecule has 1 aromatic rings. The van der Waals surface area contributed by atoms with Crippen LogP contribution in [0.1, 0.15) is 18.9 Å². The van der Waals surface area contributed by atoms with Gasteiger partial charge in [-0.1, -0.05) is 30.3 Å². The number of aliphatic carboxylic acids is 2. The summed E-state index contributed by atoms with van der Waals surface area (Å²) in [7, 11) is 0. The van der Waals surface area contributed by atoms with Crippen molar-refractivity contribution in [2.75, 3.05) is 6.54 Å². The van der Waals surface area contributed by atoms with Crippen LogP contribution in [0.25, 0.3) is 0 Å². The van der Waals surface area contributed by atoms with E-state index in [1.165, 1.54) is 6.92 Å². The maximum absolute atomic E-state index is 12.7. The second-order valence-corrected chi connectivity index (χ2v) is 6.74. The average molecular weight is 438 g/mol. The van der Waals surface area contributed by atoms with E-state index in [0.29, 0.717) is 5.56 Å². The van der Waals surface area contributed by atoms with Crippen molar-refractivity contribution in [2.24, 2.45) is 5.73 Å². The summed E-state index contributed by atoms with van der Waals surface area (Å²) in [5.41, 5.74) is 5.98. The van der Waals surface area contributed by atoms with Crippen LogP contribution < -0.4 is 21.7 Å². The van der Waals surface area contributed by atoms with Gasteiger partial charge in [-0.15, -0.1) is 0 Å². The first-order chi connectivity index (χ1) is 14.5. The highest BCUT2D eigenvalue weighted by atomic mass is 16.4. The number of nitrogens with one attached hydrogen (secondary N) is 3. The Bertz CT molecular complexity index is 799. The maximum Gasteiger partial charge on any atom is 0.326 e. The number of carboxylic acids is 2. The highest BCUT2D eigenvalue weighted by Crippen LogP contribution is 2.05. The van der Waals surface area contributed by atoms with E-state index in [1.807, 2.05) is 5.32 Å². The van der Waals surface area contributed by atoms with Gasteiger partial charge < -0.3 is 37.0 Å². The molecule has 4 unspecified atom stereocenters. The van der Waals surface area contributed by atoms with E-state index >= 15 is 0 Å². The first-order valence-electron chi connectivity index (χ1n) is 9.31. The smallest absolute Gasteiger partial charge is 0.326 e. The van der Waals surface area contributed by atoms with Gasteiger partial charge in [0.05, 0.1) is 19.1 Å². The number of hydrogen-bond acceptors (Lipinski definition) is 7. The fourth-order valence-corrected chi connectivity index (χ4v) is 2.61. The summed E-state index contributed by atoms with van der Waals surface area (Å²) < 4.78 is 0. The Kier molecular flexibility index (Phi) is 10.1. The molecule has 12 nitrogen and oxygen atoms in total. The predicted molar refractivity (Wildman–Crippen MR) is 107 cm³/mol. The van der Waals surface area contributed by atoms with Crippen LogP contribution in [0.2, 0.25) is 0 Å². The molecule has 0 aromatic heterocycles. The second-order valence-electron chi connectivity index (χ2n) is 6.74. The van der Waals surface area contributed by atoms with E-state index in [1.54, 1.807) is 30.3 Å². The lowest BCUT2D eigenvalue weighted by Gasteiger charge is -2.25. The normalized spacial score (nSPS) is 14.4. The Morgan fingerprint density at radius 2 is 1.55 bits per heavy atom. The van der Waals surface area contributed by atoms with E-state index in [-0.39, 0.29) is 13.0 Å². The number of rotatable bonds is 12. The zero-order valence-electron chi connectivity index (χ0n) is 16.8. The van der Waals surface area contributed by atoms with Gasteiger partial charge in [0.25, 0.3) is 0 Å². The number of amides is 3. The van der Waals surface area contributed by atoms with Crippen molar-refractivity contribution in [3.05, 3.63) is 35.9 Å². The summed E-state index contributed by atoms with van der Waals surface area (Å²) in [6, 6.07) is 4.17. The molecule has 0 fully saturated rings. The lowest BCUT2D eigenvalue weighted by molar-refractivity contribution is -0.148. The number of nitrogens with two attached hydrogens (primary N) is 1. The highest BCUT2D eigenvalue weighted by molar-refractivity contribution is 5.94. The van der Waals surface area contributed by atoms with Crippen molar-refractivity contribution < 1.29 is 39.3 Å². The van der Waals surface area contributed by atoms with E-state index in [0.717, 1.165) is 0 Å². The minimum absolute atomic E-state index is 0.0589. The predicted octanol–water partition coefficient (Wildman–Crippen LogP) is -2.42. The number of aliphatic hydroxyl groups excluding tert-OH is 1. The quantitative estimate of drug-likeness (QED) is 0.185. The van der Waals surface area contributed by atoms with Gasteiger partial charge in [-0.2, -0.15) is 0 Å². The molecule has 0 heterocycles. The number of carbonyl (C=O) groups excluding carboxylic acids is 3. The number of carboxylic acid groups (broad SMARTS) is 2. The van der Waals surface area contributed by atoms with Crippen molar-refractivity contribution in [2.45, 2.75) is 44.0 Å². The fourth-order valence-electron chi connectivity index (χ4n) is 2.61. The van der Waals surface area contributed by atoms with Gasteiger partial charge >= 0.3 is 11.9 Å². The zero-order chi connectivity index (χ0) is 23.6. The van der Waals surface area contributed by atoms with Crippen LogP contribution in [-0.4, -0.2) is 75.8 Å². The van der Waals surface area contributed by atoms with Gasteiger partial charge in [0, 0.05) is 6.42 Å². The molecular formula is C19H26N4O8. The molecule has 0 aliphatic carbocycles. The largest absolute Gasteiger partial charge is 0.481 e. The van der Waals surface area contributed by atoms with Gasteiger partial charge in [-0.25, -0.2) is 4.79 Å². The van der Waals surface area contributed by atoms with Crippen LogP contribution in [0.5, 0.6) is 0 Å². The van der Waals surface area contributed by atoms with E-state index in [2.05, 4.69) is 10.6 Å². The van der Waals surface area contributed by atoms with Gasteiger partial charge in [-0.05, 0) is 12.5 Å². The van der Waals surface area contributed by atoms with Crippen LogP contribution >= 0.6 is 0 Å². The molecule has 4 atom stereocenters. The molecule has 31 heavy (non-hydrogen) atoms. The minimum Gasteiger partial charge on any atom is -0.481 e. The third-order valence-corrected chi connectivity index (χ3v) is 4.18. The Labute approximate surface area is 177 Å². The number of carbonyl (C=O) groups is 5. The van der Waals surface area contributed by atoms with Gasteiger partial charge in [0.1, 0.15) is 18.1 Å². The average Bonchev–Trinajstić information content (AvgIpc) is 2.70. The van der Waals surface area contributed by atoms with Crippen LogP contribution in [0.3, 0.4) is 0 Å². The topological polar surface area (TPSA) is 208 Å². The molecule has 0 aliphatic rings. The number of aliphatic hydroxyl groups is 1. The molecule has 12 heteroatoms. The van der Waals surface area contributed by atoms with Crippen LogP contribution in [0.15, 0.2) is 30.3 Å². The Hall–Kier alpha value is -3.51. The monoisotopic (exact) mass is 438 g/mol. The summed E-state index contributed by atoms with van der Waals surface area (Å²) >= 11 is 0.